The summed E-state index contributed by atoms with van der Waals surface area (Å²) in [5, 5.41) is 8.68. The van der Waals surface area contributed by atoms with Gasteiger partial charge >= 0.3 is 5.97 Å². The van der Waals surface area contributed by atoms with E-state index in [9.17, 15) is 4.79 Å². The van der Waals surface area contributed by atoms with Crippen LogP contribution in [0.3, 0.4) is 0 Å². The molecule has 0 aliphatic carbocycles. The molecule has 78 valence electrons. The van der Waals surface area contributed by atoms with E-state index < -0.39 is 11.5 Å². The lowest BCUT2D eigenvalue weighted by molar-refractivity contribution is -0.143. The van der Waals surface area contributed by atoms with Crippen molar-refractivity contribution < 1.29 is 14.6 Å². The van der Waals surface area contributed by atoms with Gasteiger partial charge < -0.3 is 15.6 Å². The normalized spacial score (nSPS) is 17.8. The number of hydrogen-bond donors (Lipinski definition) is 2. The van der Waals surface area contributed by atoms with E-state index in [0.717, 1.165) is 6.42 Å². The van der Waals surface area contributed by atoms with Crippen LogP contribution in [0.2, 0.25) is 0 Å². The van der Waals surface area contributed by atoms with Crippen LogP contribution in [-0.4, -0.2) is 29.3 Å². The second kappa shape index (κ2) is 5.19. The molecular weight excluding hydrogens is 170 g/mol. The standard InChI is InChI=1S/C9H19NO3/c1-4-7(2)13-6-5-9(3,10)8(11)12/h7H,4-6,10H2,1-3H3,(H,11,12). The highest BCUT2D eigenvalue weighted by Crippen LogP contribution is 2.07. The maximum Gasteiger partial charge on any atom is 0.323 e. The highest BCUT2D eigenvalue weighted by Gasteiger charge is 2.27. The van der Waals surface area contributed by atoms with Gasteiger partial charge in [-0.3, -0.25) is 4.79 Å². The molecule has 0 amide bonds. The molecule has 0 fully saturated rings. The number of ether oxygens (including phenoxy) is 1. The van der Waals surface area contributed by atoms with Gasteiger partial charge in [0.25, 0.3) is 0 Å². The molecule has 0 heterocycles. The number of hydrogen-bond acceptors (Lipinski definition) is 3. The molecule has 0 aliphatic rings. The topological polar surface area (TPSA) is 72.5 Å². The van der Waals surface area contributed by atoms with Gasteiger partial charge in [0, 0.05) is 6.61 Å². The van der Waals surface area contributed by atoms with Crippen LogP contribution in [-0.2, 0) is 9.53 Å². The Morgan fingerprint density at radius 3 is 2.62 bits per heavy atom. The minimum absolute atomic E-state index is 0.171. The zero-order valence-electron chi connectivity index (χ0n) is 8.54. The lowest BCUT2D eigenvalue weighted by Crippen LogP contribution is -2.45. The fourth-order valence-corrected chi connectivity index (χ4v) is 0.697. The zero-order valence-corrected chi connectivity index (χ0v) is 8.54. The predicted molar refractivity (Wildman–Crippen MR) is 50.6 cm³/mol. The molecule has 0 spiro atoms. The monoisotopic (exact) mass is 189 g/mol. The minimum atomic E-state index is -1.17. The first kappa shape index (κ1) is 12.4. The Bertz CT molecular complexity index is 168. The summed E-state index contributed by atoms with van der Waals surface area (Å²) in [6.07, 6.45) is 1.44. The van der Waals surface area contributed by atoms with Gasteiger partial charge in [0.05, 0.1) is 6.10 Å². The number of carbonyl (C=O) groups is 1. The van der Waals surface area contributed by atoms with Crippen molar-refractivity contribution in [1.29, 1.82) is 0 Å². The van der Waals surface area contributed by atoms with E-state index in [1.165, 1.54) is 6.92 Å². The van der Waals surface area contributed by atoms with Crippen molar-refractivity contribution in [3.05, 3.63) is 0 Å². The van der Waals surface area contributed by atoms with Crippen LogP contribution in [0.25, 0.3) is 0 Å². The summed E-state index contributed by atoms with van der Waals surface area (Å²) in [5.74, 6) is -0.986. The SMILES string of the molecule is CCC(C)OCCC(C)(N)C(=O)O. The van der Waals surface area contributed by atoms with E-state index in [4.69, 9.17) is 15.6 Å². The second-order valence-corrected chi connectivity index (χ2v) is 3.56. The Kier molecular flexibility index (Phi) is 4.95. The van der Waals surface area contributed by atoms with Crippen molar-refractivity contribution in [2.24, 2.45) is 5.73 Å². The first-order valence-corrected chi connectivity index (χ1v) is 4.54. The maximum atomic E-state index is 10.6. The lowest BCUT2D eigenvalue weighted by Gasteiger charge is -2.20. The van der Waals surface area contributed by atoms with Gasteiger partial charge in [-0.05, 0) is 26.7 Å². The van der Waals surface area contributed by atoms with Crippen LogP contribution in [0.5, 0.6) is 0 Å². The third-order valence-electron chi connectivity index (χ3n) is 2.09. The summed E-state index contributed by atoms with van der Waals surface area (Å²) in [5.41, 5.74) is 4.33. The van der Waals surface area contributed by atoms with E-state index in [-0.39, 0.29) is 6.10 Å². The number of rotatable bonds is 6. The molecule has 0 aromatic heterocycles. The van der Waals surface area contributed by atoms with Crippen LogP contribution in [0, 0.1) is 0 Å². The number of carboxylic acids is 1. The molecule has 0 aliphatic heterocycles. The quantitative estimate of drug-likeness (QED) is 0.653. The Morgan fingerprint density at radius 2 is 2.23 bits per heavy atom. The first-order chi connectivity index (χ1) is 5.90. The average Bonchev–Trinajstić information content (AvgIpc) is 2.03. The third-order valence-corrected chi connectivity index (χ3v) is 2.09. The van der Waals surface area contributed by atoms with Gasteiger partial charge in [-0.1, -0.05) is 6.92 Å². The van der Waals surface area contributed by atoms with Crippen LogP contribution < -0.4 is 5.73 Å². The van der Waals surface area contributed by atoms with Crippen LogP contribution >= 0.6 is 0 Å². The molecule has 0 saturated heterocycles. The van der Waals surface area contributed by atoms with E-state index in [2.05, 4.69) is 0 Å². The van der Waals surface area contributed by atoms with Gasteiger partial charge in [0.15, 0.2) is 0 Å². The molecule has 0 radical (unpaired) electrons. The Balaban J connectivity index is 3.70. The number of nitrogens with two attached hydrogens (primary N) is 1. The Morgan fingerprint density at radius 1 is 1.69 bits per heavy atom. The zero-order chi connectivity index (χ0) is 10.5. The molecule has 0 saturated carbocycles. The summed E-state index contributed by atoms with van der Waals surface area (Å²) < 4.78 is 5.33. The fourth-order valence-electron chi connectivity index (χ4n) is 0.697. The van der Waals surface area contributed by atoms with Crippen molar-refractivity contribution in [3.63, 3.8) is 0 Å². The molecule has 0 rings (SSSR count). The third kappa shape index (κ3) is 4.85. The van der Waals surface area contributed by atoms with Crippen LogP contribution in [0.1, 0.15) is 33.6 Å². The van der Waals surface area contributed by atoms with Gasteiger partial charge in [-0.15, -0.1) is 0 Å². The molecular formula is C9H19NO3. The van der Waals surface area contributed by atoms with E-state index in [1.807, 2.05) is 13.8 Å². The van der Waals surface area contributed by atoms with E-state index in [0.29, 0.717) is 13.0 Å². The van der Waals surface area contributed by atoms with E-state index in [1.54, 1.807) is 0 Å². The number of carboxylic acid groups (broad SMARTS) is 1. The molecule has 4 heteroatoms. The summed E-state index contributed by atoms with van der Waals surface area (Å²) in [6, 6.07) is 0. The fraction of sp³-hybridized carbons (Fsp3) is 0.889. The van der Waals surface area contributed by atoms with Crippen molar-refractivity contribution in [1.82, 2.24) is 0 Å². The summed E-state index contributed by atoms with van der Waals surface area (Å²) >= 11 is 0. The second-order valence-electron chi connectivity index (χ2n) is 3.56. The Labute approximate surface area is 79.1 Å². The van der Waals surface area contributed by atoms with Crippen molar-refractivity contribution in [3.8, 4) is 0 Å². The molecule has 2 unspecified atom stereocenters. The minimum Gasteiger partial charge on any atom is -0.480 e. The highest BCUT2D eigenvalue weighted by molar-refractivity contribution is 5.77. The summed E-state index contributed by atoms with van der Waals surface area (Å²) in [6.45, 7) is 5.86. The highest BCUT2D eigenvalue weighted by atomic mass is 16.5. The molecule has 0 aromatic carbocycles. The molecule has 0 bridgehead atoms. The maximum absolute atomic E-state index is 10.6. The molecule has 13 heavy (non-hydrogen) atoms. The molecule has 0 aromatic rings. The number of aliphatic carboxylic acids is 1. The van der Waals surface area contributed by atoms with Crippen molar-refractivity contribution in [2.45, 2.75) is 45.3 Å². The molecule has 3 N–H and O–H groups in total. The average molecular weight is 189 g/mol. The van der Waals surface area contributed by atoms with Gasteiger partial charge in [0.1, 0.15) is 5.54 Å². The van der Waals surface area contributed by atoms with Crippen molar-refractivity contribution in [2.75, 3.05) is 6.61 Å². The van der Waals surface area contributed by atoms with Gasteiger partial charge in [0.2, 0.25) is 0 Å². The van der Waals surface area contributed by atoms with E-state index >= 15 is 0 Å². The molecule has 4 nitrogen and oxygen atoms in total. The van der Waals surface area contributed by atoms with Gasteiger partial charge in [-0.25, -0.2) is 0 Å². The van der Waals surface area contributed by atoms with Crippen molar-refractivity contribution >= 4 is 5.97 Å². The lowest BCUT2D eigenvalue weighted by atomic mass is 10.0. The Hall–Kier alpha value is -0.610. The first-order valence-electron chi connectivity index (χ1n) is 4.54. The predicted octanol–water partition coefficient (Wildman–Crippen LogP) is 0.994. The summed E-state index contributed by atoms with van der Waals surface area (Å²) in [4.78, 5) is 10.6. The summed E-state index contributed by atoms with van der Waals surface area (Å²) in [7, 11) is 0. The van der Waals surface area contributed by atoms with Gasteiger partial charge in [-0.2, -0.15) is 0 Å². The largest absolute Gasteiger partial charge is 0.480 e. The van der Waals surface area contributed by atoms with Crippen LogP contribution in [0.15, 0.2) is 0 Å². The van der Waals surface area contributed by atoms with Crippen LogP contribution in [0.4, 0.5) is 0 Å². The molecule has 2 atom stereocenters. The smallest absolute Gasteiger partial charge is 0.323 e.